The number of thioether (sulfide) groups is 1. The van der Waals surface area contributed by atoms with Gasteiger partial charge in [-0.15, -0.1) is 23.1 Å². The second-order valence-corrected chi connectivity index (χ2v) is 8.00. The van der Waals surface area contributed by atoms with Crippen LogP contribution in [-0.4, -0.2) is 35.9 Å². The molecule has 0 radical (unpaired) electrons. The summed E-state index contributed by atoms with van der Waals surface area (Å²) in [7, 11) is 0. The normalized spacial score (nSPS) is 23.1. The van der Waals surface area contributed by atoms with Crippen LogP contribution in [-0.2, 0) is 9.53 Å². The molecule has 1 aliphatic rings. The van der Waals surface area contributed by atoms with Crippen molar-refractivity contribution in [3.63, 3.8) is 0 Å². The van der Waals surface area contributed by atoms with Gasteiger partial charge in [0.25, 0.3) is 0 Å². The molecule has 5 nitrogen and oxygen atoms in total. The first-order valence-corrected chi connectivity index (χ1v) is 8.70. The summed E-state index contributed by atoms with van der Waals surface area (Å²) in [6.45, 7) is 5.96. The van der Waals surface area contributed by atoms with Gasteiger partial charge in [-0.05, 0) is 32.2 Å². The standard InChI is InChI=1S/C14H20N2O3S2/c1-14(2,3)19-13(18)16-9-8-21-11(7-15-12(9)17)10-5-4-6-20-10/h4-6,9,11H,7-8H2,1-3H3,(H,15,17)(H,16,18)/t9-,11?/m0/s1. The maximum Gasteiger partial charge on any atom is 0.408 e. The molecular formula is C14H20N2O3S2. The van der Waals surface area contributed by atoms with Gasteiger partial charge in [0.05, 0.1) is 5.25 Å². The van der Waals surface area contributed by atoms with E-state index in [2.05, 4.69) is 16.7 Å². The number of rotatable bonds is 2. The molecule has 1 aromatic rings. The van der Waals surface area contributed by atoms with E-state index >= 15 is 0 Å². The van der Waals surface area contributed by atoms with Gasteiger partial charge in [0.2, 0.25) is 5.91 Å². The quantitative estimate of drug-likeness (QED) is 0.875. The molecule has 0 aliphatic carbocycles. The molecule has 7 heteroatoms. The van der Waals surface area contributed by atoms with Crippen molar-refractivity contribution in [1.29, 1.82) is 0 Å². The van der Waals surface area contributed by atoms with Gasteiger partial charge >= 0.3 is 6.09 Å². The Bertz CT molecular complexity index is 497. The average molecular weight is 328 g/mol. The van der Waals surface area contributed by atoms with Gasteiger partial charge in [0.1, 0.15) is 11.6 Å². The van der Waals surface area contributed by atoms with Crippen LogP contribution < -0.4 is 10.6 Å². The maximum atomic E-state index is 12.0. The summed E-state index contributed by atoms with van der Waals surface area (Å²) in [6, 6.07) is 3.51. The number of alkyl carbamates (subject to hydrolysis) is 1. The molecule has 116 valence electrons. The second-order valence-electron chi connectivity index (χ2n) is 5.78. The lowest BCUT2D eigenvalue weighted by Crippen LogP contribution is -2.48. The van der Waals surface area contributed by atoms with E-state index in [9.17, 15) is 9.59 Å². The molecule has 2 N–H and O–H groups in total. The molecular weight excluding hydrogens is 308 g/mol. The second kappa shape index (κ2) is 6.70. The smallest absolute Gasteiger partial charge is 0.408 e. The minimum absolute atomic E-state index is 0.160. The monoisotopic (exact) mass is 328 g/mol. The molecule has 0 bridgehead atoms. The zero-order valence-electron chi connectivity index (χ0n) is 12.3. The number of carbonyl (C=O) groups is 2. The molecule has 2 amide bonds. The fourth-order valence-corrected chi connectivity index (χ4v) is 4.06. The van der Waals surface area contributed by atoms with Crippen molar-refractivity contribution in [3.8, 4) is 0 Å². The summed E-state index contributed by atoms with van der Waals surface area (Å²) in [5.74, 6) is 0.376. The average Bonchev–Trinajstić information content (AvgIpc) is 2.82. The highest BCUT2D eigenvalue weighted by Gasteiger charge is 2.29. The van der Waals surface area contributed by atoms with Crippen LogP contribution in [0.25, 0.3) is 0 Å². The van der Waals surface area contributed by atoms with Crippen molar-refractivity contribution in [2.24, 2.45) is 0 Å². The van der Waals surface area contributed by atoms with E-state index in [0.717, 1.165) is 0 Å². The Hall–Kier alpha value is -1.21. The molecule has 0 aromatic carbocycles. The van der Waals surface area contributed by atoms with Gasteiger partial charge in [-0.2, -0.15) is 0 Å². The number of thiophene rings is 1. The van der Waals surface area contributed by atoms with Crippen LogP contribution in [0.15, 0.2) is 17.5 Å². The van der Waals surface area contributed by atoms with Crippen molar-refractivity contribution in [2.45, 2.75) is 37.7 Å². The molecule has 1 aromatic heterocycles. The van der Waals surface area contributed by atoms with E-state index in [0.29, 0.717) is 12.3 Å². The number of amides is 2. The maximum absolute atomic E-state index is 12.0. The molecule has 0 saturated carbocycles. The van der Waals surface area contributed by atoms with Crippen LogP contribution >= 0.6 is 23.1 Å². The Labute approximate surface area is 132 Å². The molecule has 0 spiro atoms. The summed E-state index contributed by atoms with van der Waals surface area (Å²) in [5, 5.41) is 7.78. The number of carbonyl (C=O) groups excluding carboxylic acids is 2. The third-order valence-electron chi connectivity index (χ3n) is 2.79. The predicted molar refractivity (Wildman–Crippen MR) is 85.7 cm³/mol. The minimum atomic E-state index is -0.571. The lowest BCUT2D eigenvalue weighted by atomic mass is 10.2. The van der Waals surface area contributed by atoms with E-state index in [4.69, 9.17) is 4.74 Å². The van der Waals surface area contributed by atoms with Crippen LogP contribution in [0.1, 0.15) is 30.9 Å². The highest BCUT2D eigenvalue weighted by Crippen LogP contribution is 2.33. The number of hydrogen-bond donors (Lipinski definition) is 2. The fourth-order valence-electron chi connectivity index (χ4n) is 1.88. The van der Waals surface area contributed by atoms with Crippen LogP contribution in [0.4, 0.5) is 4.79 Å². The largest absolute Gasteiger partial charge is 0.444 e. The summed E-state index contributed by atoms with van der Waals surface area (Å²) < 4.78 is 5.19. The molecule has 1 aliphatic heterocycles. The van der Waals surface area contributed by atoms with Gasteiger partial charge in [0, 0.05) is 17.2 Å². The highest BCUT2D eigenvalue weighted by atomic mass is 32.2. The van der Waals surface area contributed by atoms with E-state index in [-0.39, 0.29) is 11.2 Å². The molecule has 21 heavy (non-hydrogen) atoms. The van der Waals surface area contributed by atoms with Crippen LogP contribution in [0.2, 0.25) is 0 Å². The van der Waals surface area contributed by atoms with Crippen LogP contribution in [0.5, 0.6) is 0 Å². The SMILES string of the molecule is CC(C)(C)OC(=O)N[C@H]1CSC(c2cccs2)CNC1=O. The van der Waals surface area contributed by atoms with E-state index < -0.39 is 17.7 Å². The fraction of sp³-hybridized carbons (Fsp3) is 0.571. The lowest BCUT2D eigenvalue weighted by Gasteiger charge is -2.22. The molecule has 2 heterocycles. The van der Waals surface area contributed by atoms with Gasteiger partial charge in [-0.25, -0.2) is 4.79 Å². The topological polar surface area (TPSA) is 67.4 Å². The van der Waals surface area contributed by atoms with E-state index in [1.54, 1.807) is 43.9 Å². The van der Waals surface area contributed by atoms with Crippen molar-refractivity contribution in [3.05, 3.63) is 22.4 Å². The third-order valence-corrected chi connectivity index (χ3v) is 5.28. The third kappa shape index (κ3) is 4.93. The molecule has 2 rings (SSSR count). The zero-order chi connectivity index (χ0) is 15.5. The summed E-state index contributed by atoms with van der Waals surface area (Å²) in [6.07, 6.45) is -0.558. The molecule has 1 fully saturated rings. The van der Waals surface area contributed by atoms with Gasteiger partial charge in [-0.3, -0.25) is 4.79 Å². The van der Waals surface area contributed by atoms with Crippen LogP contribution in [0, 0.1) is 0 Å². The number of hydrogen-bond acceptors (Lipinski definition) is 5. The first-order chi connectivity index (χ1) is 9.85. The van der Waals surface area contributed by atoms with Crippen molar-refractivity contribution >= 4 is 35.1 Å². The summed E-state index contributed by atoms with van der Waals surface area (Å²) in [5.41, 5.74) is -0.571. The van der Waals surface area contributed by atoms with Crippen molar-refractivity contribution in [1.82, 2.24) is 10.6 Å². The Kier molecular flexibility index (Phi) is 5.16. The Balaban J connectivity index is 1.93. The Morgan fingerprint density at radius 1 is 1.48 bits per heavy atom. The highest BCUT2D eigenvalue weighted by molar-refractivity contribution is 7.99. The Morgan fingerprint density at radius 3 is 2.86 bits per heavy atom. The predicted octanol–water partition coefficient (Wildman–Crippen LogP) is 2.55. The van der Waals surface area contributed by atoms with Crippen LogP contribution in [0.3, 0.4) is 0 Å². The van der Waals surface area contributed by atoms with Gasteiger partial charge < -0.3 is 15.4 Å². The van der Waals surface area contributed by atoms with Crippen molar-refractivity contribution < 1.29 is 14.3 Å². The first-order valence-electron chi connectivity index (χ1n) is 6.77. The number of nitrogens with one attached hydrogen (secondary N) is 2. The molecule has 1 saturated heterocycles. The molecule has 2 atom stereocenters. The molecule has 1 unspecified atom stereocenters. The lowest BCUT2D eigenvalue weighted by molar-refractivity contribution is -0.122. The van der Waals surface area contributed by atoms with E-state index in [1.807, 2.05) is 11.4 Å². The van der Waals surface area contributed by atoms with Gasteiger partial charge in [-0.1, -0.05) is 6.07 Å². The summed E-state index contributed by atoms with van der Waals surface area (Å²) in [4.78, 5) is 25.0. The summed E-state index contributed by atoms with van der Waals surface area (Å²) >= 11 is 3.35. The zero-order valence-corrected chi connectivity index (χ0v) is 14.0. The number of ether oxygens (including phenoxy) is 1. The van der Waals surface area contributed by atoms with Gasteiger partial charge in [0.15, 0.2) is 0 Å². The van der Waals surface area contributed by atoms with E-state index in [1.165, 1.54) is 4.88 Å². The minimum Gasteiger partial charge on any atom is -0.444 e. The van der Waals surface area contributed by atoms with Crippen molar-refractivity contribution in [2.75, 3.05) is 12.3 Å². The Morgan fingerprint density at radius 2 is 2.24 bits per heavy atom. The first kappa shape index (κ1) is 16.2.